The molecule has 8 aromatic carbocycles. The molecule has 0 amide bonds. The maximum absolute atomic E-state index is 2.51. The van der Waals surface area contributed by atoms with Crippen molar-refractivity contribution in [3.05, 3.63) is 216 Å². The number of para-hydroxylation sites is 4. The maximum Gasteiger partial charge on any atom is 0.0743 e. The van der Waals surface area contributed by atoms with Crippen LogP contribution in [0.5, 0.6) is 0 Å². The number of hydrogen-bond acceptors (Lipinski definition) is 1. The minimum Gasteiger partial charge on any atom is -0.341 e. The smallest absolute Gasteiger partial charge is 0.0743 e. The van der Waals surface area contributed by atoms with E-state index in [1.54, 1.807) is 0 Å². The molecule has 11 rings (SSSR count). The van der Waals surface area contributed by atoms with E-state index < -0.39 is 5.41 Å². The zero-order valence-electron chi connectivity index (χ0n) is 30.0. The molecule has 10 aromatic rings. The highest BCUT2D eigenvalue weighted by atomic mass is 15.1. The van der Waals surface area contributed by atoms with E-state index in [-0.39, 0.29) is 0 Å². The fourth-order valence-corrected chi connectivity index (χ4v) is 9.58. The van der Waals surface area contributed by atoms with Crippen molar-refractivity contribution in [3.63, 3.8) is 0 Å². The van der Waals surface area contributed by atoms with Crippen molar-refractivity contribution in [1.82, 2.24) is 9.13 Å². The van der Waals surface area contributed by atoms with E-state index >= 15 is 0 Å². The van der Waals surface area contributed by atoms with Gasteiger partial charge in [-0.3, -0.25) is 0 Å². The third-order valence-corrected chi connectivity index (χ3v) is 11.8. The van der Waals surface area contributed by atoms with Crippen molar-refractivity contribution < 1.29 is 0 Å². The number of hydrogen-bond donors (Lipinski definition) is 0. The first-order valence-electron chi connectivity index (χ1n) is 18.9. The number of aromatic nitrogens is 2. The normalized spacial score (nSPS) is 13.5. The van der Waals surface area contributed by atoms with Crippen LogP contribution in [0.25, 0.3) is 55.0 Å². The van der Waals surface area contributed by atoms with Gasteiger partial charge in [0, 0.05) is 50.8 Å². The first kappa shape index (κ1) is 30.8. The van der Waals surface area contributed by atoms with Crippen LogP contribution < -0.4 is 4.90 Å². The Kier molecular flexibility index (Phi) is 6.74. The monoisotopic (exact) mass is 691 g/mol. The lowest BCUT2D eigenvalue weighted by Crippen LogP contribution is -2.39. The highest BCUT2D eigenvalue weighted by molar-refractivity contribution is 6.10. The molecular formula is C51H37N3. The average Bonchev–Trinajstić information content (AvgIpc) is 3.76. The Bertz CT molecular complexity index is 2730. The third kappa shape index (κ3) is 4.18. The van der Waals surface area contributed by atoms with Gasteiger partial charge < -0.3 is 14.0 Å². The summed E-state index contributed by atoms with van der Waals surface area (Å²) in [4.78, 5) is 2.51. The van der Waals surface area contributed by atoms with Crippen LogP contribution in [0.2, 0.25) is 0 Å². The Hall–Kier alpha value is -6.84. The maximum atomic E-state index is 2.51. The fourth-order valence-electron chi connectivity index (χ4n) is 9.58. The molecule has 3 heterocycles. The largest absolute Gasteiger partial charge is 0.341 e. The van der Waals surface area contributed by atoms with Gasteiger partial charge in [0.1, 0.15) is 0 Å². The van der Waals surface area contributed by atoms with Gasteiger partial charge in [-0.2, -0.15) is 0 Å². The summed E-state index contributed by atoms with van der Waals surface area (Å²) in [7, 11) is 0. The highest BCUT2D eigenvalue weighted by Gasteiger charge is 2.46. The summed E-state index contributed by atoms with van der Waals surface area (Å²) in [6, 6.07) is 71.8. The van der Waals surface area contributed by atoms with E-state index in [0.717, 1.165) is 17.9 Å². The number of anilines is 2. The average molecular weight is 692 g/mol. The summed E-state index contributed by atoms with van der Waals surface area (Å²) < 4.78 is 4.90. The molecule has 0 saturated heterocycles. The van der Waals surface area contributed by atoms with Crippen molar-refractivity contribution in [2.24, 2.45) is 0 Å². The lowest BCUT2D eigenvalue weighted by Gasteiger charge is -2.46. The van der Waals surface area contributed by atoms with Gasteiger partial charge in [-0.1, -0.05) is 133 Å². The molecule has 0 bridgehead atoms. The summed E-state index contributed by atoms with van der Waals surface area (Å²) in [6.45, 7) is 3.11. The standard InChI is InChI=1S/C51H37N3/c1-2-52-49-31-29-37(53-45-25-13-9-21-39(45)40-22-10-14-26-46(40)53)33-43(49)51(35-17-5-3-6-18-35,36-19-7-4-8-20-36)44-34-38(30-32-50(44)52)54-47-27-15-11-23-41(47)42-24-12-16-28-48(42)54/h3-34H,2H2,1H3. The molecule has 1 aliphatic rings. The van der Waals surface area contributed by atoms with Gasteiger partial charge in [0.25, 0.3) is 0 Å². The van der Waals surface area contributed by atoms with Crippen LogP contribution >= 0.6 is 0 Å². The second-order valence-electron chi connectivity index (χ2n) is 14.4. The Labute approximate surface area is 314 Å². The van der Waals surface area contributed by atoms with E-state index in [9.17, 15) is 0 Å². The lowest BCUT2D eigenvalue weighted by molar-refractivity contribution is 0.718. The summed E-state index contributed by atoms with van der Waals surface area (Å²) in [5, 5.41) is 5.05. The molecular weight excluding hydrogens is 655 g/mol. The predicted molar refractivity (Wildman–Crippen MR) is 226 cm³/mol. The Balaban J connectivity index is 1.28. The second-order valence-corrected chi connectivity index (χ2v) is 14.4. The summed E-state index contributed by atoms with van der Waals surface area (Å²) >= 11 is 0. The number of fused-ring (bicyclic) bond motifs is 8. The van der Waals surface area contributed by atoms with E-state index in [2.05, 4.69) is 215 Å². The molecule has 1 aliphatic heterocycles. The van der Waals surface area contributed by atoms with Crippen molar-refractivity contribution in [3.8, 4) is 11.4 Å². The molecule has 3 nitrogen and oxygen atoms in total. The quantitative estimate of drug-likeness (QED) is 0.175. The van der Waals surface area contributed by atoms with E-state index in [4.69, 9.17) is 0 Å². The van der Waals surface area contributed by atoms with Crippen molar-refractivity contribution in [2.75, 3.05) is 11.4 Å². The molecule has 0 fully saturated rings. The van der Waals surface area contributed by atoms with Crippen LogP contribution in [-0.2, 0) is 5.41 Å². The summed E-state index contributed by atoms with van der Waals surface area (Å²) in [5.74, 6) is 0. The van der Waals surface area contributed by atoms with Crippen molar-refractivity contribution >= 4 is 55.0 Å². The van der Waals surface area contributed by atoms with Crippen molar-refractivity contribution in [2.45, 2.75) is 12.3 Å². The topological polar surface area (TPSA) is 13.1 Å². The van der Waals surface area contributed by atoms with E-state index in [1.165, 1.54) is 77.2 Å². The molecule has 0 aliphatic carbocycles. The van der Waals surface area contributed by atoms with Gasteiger partial charge in [-0.25, -0.2) is 0 Å². The molecule has 2 aromatic heterocycles. The second kappa shape index (κ2) is 11.8. The van der Waals surface area contributed by atoms with Crippen molar-refractivity contribution in [1.29, 1.82) is 0 Å². The lowest BCUT2D eigenvalue weighted by atomic mass is 9.62. The minimum atomic E-state index is -0.623. The predicted octanol–water partition coefficient (Wildman–Crippen LogP) is 12.7. The molecule has 0 unspecified atom stereocenters. The Morgan fingerprint density at radius 2 is 0.704 bits per heavy atom. The zero-order chi connectivity index (χ0) is 35.8. The van der Waals surface area contributed by atoms with Crippen LogP contribution in [0.1, 0.15) is 29.2 Å². The molecule has 256 valence electrons. The number of nitrogens with zero attached hydrogens (tertiary/aromatic N) is 3. The molecule has 54 heavy (non-hydrogen) atoms. The molecule has 3 heteroatoms. The minimum absolute atomic E-state index is 0.623. The zero-order valence-corrected chi connectivity index (χ0v) is 30.0. The molecule has 0 spiro atoms. The third-order valence-electron chi connectivity index (χ3n) is 11.8. The highest BCUT2D eigenvalue weighted by Crippen LogP contribution is 2.57. The number of rotatable bonds is 5. The fraction of sp³-hybridized carbons (Fsp3) is 0.0588. The van der Waals surface area contributed by atoms with E-state index in [1.807, 2.05) is 0 Å². The van der Waals surface area contributed by atoms with Gasteiger partial charge in [0.2, 0.25) is 0 Å². The summed E-state index contributed by atoms with van der Waals surface area (Å²) in [5.41, 5.74) is 14.0. The van der Waals surface area contributed by atoms with Gasteiger partial charge in [0.15, 0.2) is 0 Å². The molecule has 0 saturated carbocycles. The van der Waals surface area contributed by atoms with Crippen LogP contribution in [-0.4, -0.2) is 15.7 Å². The number of benzene rings is 8. The van der Waals surface area contributed by atoms with Gasteiger partial charge in [0.05, 0.1) is 27.5 Å². The van der Waals surface area contributed by atoms with Crippen LogP contribution in [0.3, 0.4) is 0 Å². The van der Waals surface area contributed by atoms with Gasteiger partial charge >= 0.3 is 0 Å². The van der Waals surface area contributed by atoms with Gasteiger partial charge in [-0.15, -0.1) is 0 Å². The van der Waals surface area contributed by atoms with Crippen LogP contribution in [0, 0.1) is 0 Å². The first-order valence-corrected chi connectivity index (χ1v) is 18.9. The summed E-state index contributed by atoms with van der Waals surface area (Å²) in [6.07, 6.45) is 0. The SMILES string of the molecule is CCN1c2ccc(-n3c4ccccc4c4ccccc43)cc2C(c2ccccc2)(c2ccccc2)c2cc(-n3c4ccccc4c4ccccc43)ccc21. The molecule has 0 radical (unpaired) electrons. The first-order chi connectivity index (χ1) is 26.8. The molecule has 0 N–H and O–H groups in total. The van der Waals surface area contributed by atoms with Crippen LogP contribution in [0.4, 0.5) is 11.4 Å². The Morgan fingerprint density at radius 1 is 0.370 bits per heavy atom. The van der Waals surface area contributed by atoms with E-state index in [0.29, 0.717) is 0 Å². The van der Waals surface area contributed by atoms with Gasteiger partial charge in [-0.05, 0) is 89.8 Å². The molecule has 0 atom stereocenters. The Morgan fingerprint density at radius 3 is 1.06 bits per heavy atom. The van der Waals surface area contributed by atoms with Crippen LogP contribution in [0.15, 0.2) is 194 Å².